The zero-order chi connectivity index (χ0) is 9.52. The summed E-state index contributed by atoms with van der Waals surface area (Å²) in [6.07, 6.45) is 0.946. The number of benzene rings is 1. The van der Waals surface area contributed by atoms with Crippen LogP contribution in [0.15, 0.2) is 30.3 Å². The van der Waals surface area contributed by atoms with Gasteiger partial charge in [-0.15, -0.1) is 0 Å². The van der Waals surface area contributed by atoms with Crippen molar-refractivity contribution in [1.29, 1.82) is 0 Å². The first-order valence-corrected chi connectivity index (χ1v) is 4.42. The van der Waals surface area contributed by atoms with Crippen molar-refractivity contribution in [2.45, 2.75) is 6.42 Å². The Labute approximate surface area is 79.1 Å². The van der Waals surface area contributed by atoms with E-state index in [-0.39, 0.29) is 0 Å². The summed E-state index contributed by atoms with van der Waals surface area (Å²) in [5.41, 5.74) is 1.22. The van der Waals surface area contributed by atoms with Crippen LogP contribution >= 0.6 is 0 Å². The Hall–Kier alpha value is -1.06. The fourth-order valence-electron chi connectivity index (χ4n) is 1.20. The van der Waals surface area contributed by atoms with Crippen molar-refractivity contribution >= 4 is 5.69 Å². The number of hydrogen-bond acceptors (Lipinski definition) is 3. The van der Waals surface area contributed by atoms with Gasteiger partial charge in [-0.25, -0.2) is 5.90 Å². The number of rotatable bonds is 5. The van der Waals surface area contributed by atoms with E-state index < -0.39 is 0 Å². The van der Waals surface area contributed by atoms with Gasteiger partial charge in [-0.3, -0.25) is 0 Å². The van der Waals surface area contributed by atoms with Crippen molar-refractivity contribution in [3.63, 3.8) is 0 Å². The van der Waals surface area contributed by atoms with Crippen LogP contribution in [0.4, 0.5) is 5.69 Å². The Bertz CT molecular complexity index is 226. The Morgan fingerprint density at radius 2 is 2.00 bits per heavy atom. The van der Waals surface area contributed by atoms with Crippen LogP contribution in [0.3, 0.4) is 0 Å². The highest BCUT2D eigenvalue weighted by molar-refractivity contribution is 5.44. The molecule has 0 atom stereocenters. The van der Waals surface area contributed by atoms with Crippen molar-refractivity contribution < 1.29 is 4.84 Å². The number of anilines is 1. The smallest absolute Gasteiger partial charge is 0.0696 e. The van der Waals surface area contributed by atoms with E-state index in [1.54, 1.807) is 0 Å². The summed E-state index contributed by atoms with van der Waals surface area (Å²) < 4.78 is 0. The molecule has 0 saturated carbocycles. The van der Waals surface area contributed by atoms with E-state index >= 15 is 0 Å². The van der Waals surface area contributed by atoms with Crippen LogP contribution in [0.25, 0.3) is 0 Å². The minimum Gasteiger partial charge on any atom is -0.375 e. The summed E-state index contributed by atoms with van der Waals surface area (Å²) in [5.74, 6) is 4.93. The Kier molecular flexibility index (Phi) is 4.29. The summed E-state index contributed by atoms with van der Waals surface area (Å²) in [6, 6.07) is 10.3. The maximum atomic E-state index is 4.93. The van der Waals surface area contributed by atoms with Crippen LogP contribution < -0.4 is 10.8 Å². The van der Waals surface area contributed by atoms with Gasteiger partial charge in [0.15, 0.2) is 0 Å². The molecule has 0 aromatic heterocycles. The fraction of sp³-hybridized carbons (Fsp3) is 0.400. The van der Waals surface area contributed by atoms with E-state index in [4.69, 9.17) is 5.90 Å². The molecule has 0 radical (unpaired) electrons. The van der Waals surface area contributed by atoms with Gasteiger partial charge in [0.25, 0.3) is 0 Å². The van der Waals surface area contributed by atoms with Gasteiger partial charge >= 0.3 is 0 Å². The fourth-order valence-corrected chi connectivity index (χ4v) is 1.20. The van der Waals surface area contributed by atoms with E-state index in [2.05, 4.69) is 28.9 Å². The number of nitrogens with zero attached hydrogens (tertiary/aromatic N) is 1. The molecule has 13 heavy (non-hydrogen) atoms. The average Bonchev–Trinajstić information content (AvgIpc) is 2.19. The quantitative estimate of drug-likeness (QED) is 0.550. The Morgan fingerprint density at radius 3 is 2.62 bits per heavy atom. The summed E-state index contributed by atoms with van der Waals surface area (Å²) in [7, 11) is 2.06. The van der Waals surface area contributed by atoms with Gasteiger partial charge in [-0.05, 0) is 18.6 Å². The first-order valence-electron chi connectivity index (χ1n) is 4.42. The second kappa shape index (κ2) is 5.56. The van der Waals surface area contributed by atoms with Crippen LogP contribution in [0.1, 0.15) is 6.42 Å². The lowest BCUT2D eigenvalue weighted by molar-refractivity contribution is 0.136. The first kappa shape index (κ1) is 10.0. The SMILES string of the molecule is CN(CCCON)c1ccccc1. The second-order valence-electron chi connectivity index (χ2n) is 2.98. The van der Waals surface area contributed by atoms with Gasteiger partial charge in [-0.2, -0.15) is 0 Å². The van der Waals surface area contributed by atoms with Crippen molar-refractivity contribution in [3.8, 4) is 0 Å². The van der Waals surface area contributed by atoms with Gasteiger partial charge < -0.3 is 9.74 Å². The van der Waals surface area contributed by atoms with E-state index in [0.717, 1.165) is 13.0 Å². The monoisotopic (exact) mass is 180 g/mol. The molecular formula is C10H16N2O. The number of hydrogen-bond donors (Lipinski definition) is 1. The third-order valence-electron chi connectivity index (χ3n) is 1.95. The molecule has 0 aliphatic carbocycles. The maximum Gasteiger partial charge on any atom is 0.0696 e. The molecule has 0 unspecified atom stereocenters. The zero-order valence-corrected chi connectivity index (χ0v) is 7.94. The van der Waals surface area contributed by atoms with E-state index in [1.165, 1.54) is 5.69 Å². The molecule has 0 aliphatic rings. The topological polar surface area (TPSA) is 38.5 Å². The molecule has 1 aromatic rings. The van der Waals surface area contributed by atoms with Crippen molar-refractivity contribution in [2.24, 2.45) is 5.90 Å². The van der Waals surface area contributed by atoms with Crippen molar-refractivity contribution in [1.82, 2.24) is 0 Å². The van der Waals surface area contributed by atoms with Gasteiger partial charge in [-0.1, -0.05) is 18.2 Å². The third-order valence-corrected chi connectivity index (χ3v) is 1.95. The Balaban J connectivity index is 2.35. The summed E-state index contributed by atoms with van der Waals surface area (Å²) in [5, 5.41) is 0. The minimum atomic E-state index is 0.608. The largest absolute Gasteiger partial charge is 0.375 e. The van der Waals surface area contributed by atoms with Gasteiger partial charge in [0.2, 0.25) is 0 Å². The summed E-state index contributed by atoms with van der Waals surface area (Å²) in [4.78, 5) is 6.68. The number of para-hydroxylation sites is 1. The molecule has 1 aromatic carbocycles. The summed E-state index contributed by atoms with van der Waals surface area (Å²) in [6.45, 7) is 1.57. The maximum absolute atomic E-state index is 4.93. The van der Waals surface area contributed by atoms with Crippen LogP contribution in [-0.4, -0.2) is 20.2 Å². The van der Waals surface area contributed by atoms with Crippen LogP contribution in [-0.2, 0) is 4.84 Å². The molecule has 72 valence electrons. The molecule has 3 heteroatoms. The highest BCUT2D eigenvalue weighted by Gasteiger charge is 1.97. The lowest BCUT2D eigenvalue weighted by Crippen LogP contribution is -2.20. The molecule has 0 bridgehead atoms. The van der Waals surface area contributed by atoms with Crippen LogP contribution in [0, 0.1) is 0 Å². The molecule has 3 nitrogen and oxygen atoms in total. The van der Waals surface area contributed by atoms with Crippen molar-refractivity contribution in [2.75, 3.05) is 25.1 Å². The second-order valence-corrected chi connectivity index (χ2v) is 2.98. The highest BCUT2D eigenvalue weighted by Crippen LogP contribution is 2.10. The molecule has 1 rings (SSSR count). The molecule has 0 amide bonds. The molecule has 0 saturated heterocycles. The van der Waals surface area contributed by atoms with Crippen LogP contribution in [0.5, 0.6) is 0 Å². The molecule has 2 N–H and O–H groups in total. The lowest BCUT2D eigenvalue weighted by Gasteiger charge is -2.18. The predicted molar refractivity (Wildman–Crippen MR) is 54.5 cm³/mol. The number of nitrogens with two attached hydrogens (primary N) is 1. The molecule has 0 heterocycles. The van der Waals surface area contributed by atoms with Gasteiger partial charge in [0.1, 0.15) is 0 Å². The molecule has 0 fully saturated rings. The Morgan fingerprint density at radius 1 is 1.31 bits per heavy atom. The van der Waals surface area contributed by atoms with Gasteiger partial charge in [0, 0.05) is 19.3 Å². The molecular weight excluding hydrogens is 164 g/mol. The zero-order valence-electron chi connectivity index (χ0n) is 7.94. The lowest BCUT2D eigenvalue weighted by atomic mass is 10.3. The predicted octanol–water partition coefficient (Wildman–Crippen LogP) is 1.40. The first-order chi connectivity index (χ1) is 6.34. The van der Waals surface area contributed by atoms with Crippen molar-refractivity contribution in [3.05, 3.63) is 30.3 Å². The van der Waals surface area contributed by atoms with E-state index in [9.17, 15) is 0 Å². The standard InChI is InChI=1S/C10H16N2O/c1-12(8-5-9-13-11)10-6-3-2-4-7-10/h2-4,6-7H,5,8-9,11H2,1H3. The summed E-state index contributed by atoms with van der Waals surface area (Å²) >= 11 is 0. The molecule has 0 aliphatic heterocycles. The average molecular weight is 180 g/mol. The van der Waals surface area contributed by atoms with Gasteiger partial charge in [0.05, 0.1) is 6.61 Å². The third kappa shape index (κ3) is 3.44. The molecule has 0 spiro atoms. The van der Waals surface area contributed by atoms with E-state index in [1.807, 2.05) is 18.2 Å². The normalized spacial score (nSPS) is 10.0. The highest BCUT2D eigenvalue weighted by atomic mass is 16.6. The van der Waals surface area contributed by atoms with Crippen LogP contribution in [0.2, 0.25) is 0 Å². The van der Waals surface area contributed by atoms with E-state index in [0.29, 0.717) is 6.61 Å². The minimum absolute atomic E-state index is 0.608.